The maximum atomic E-state index is 10.6. The first-order chi connectivity index (χ1) is 5.88. The molecule has 1 rings (SSSR count). The number of nitrogens with zero attached hydrogens (tertiary/aromatic N) is 2. The molecule has 1 aromatic rings. The molecule has 1 aromatic heterocycles. The summed E-state index contributed by atoms with van der Waals surface area (Å²) in [6, 6.07) is 0. The Morgan fingerprint density at radius 3 is 2.62 bits per heavy atom. The van der Waals surface area contributed by atoms with Gasteiger partial charge in [-0.3, -0.25) is 23.9 Å². The molecule has 0 unspecified atom stereocenters. The monoisotopic (exact) mass is 207 g/mol. The van der Waals surface area contributed by atoms with E-state index in [4.69, 9.17) is 4.55 Å². The zero-order chi connectivity index (χ0) is 10.1. The number of aromatic nitrogens is 3. The second-order valence-corrected chi connectivity index (χ2v) is 3.59. The van der Waals surface area contributed by atoms with E-state index >= 15 is 0 Å². The fourth-order valence-corrected chi connectivity index (χ4v) is 1.11. The molecule has 0 atom stereocenters. The van der Waals surface area contributed by atoms with Gasteiger partial charge in [0.05, 0.1) is 0 Å². The minimum Gasteiger partial charge on any atom is -0.284 e. The number of rotatable bonds is 2. The van der Waals surface area contributed by atoms with Crippen molar-refractivity contribution in [1.29, 1.82) is 0 Å². The van der Waals surface area contributed by atoms with Crippen LogP contribution in [0.4, 0.5) is 0 Å². The lowest BCUT2D eigenvalue weighted by Crippen LogP contribution is -2.33. The lowest BCUT2D eigenvalue weighted by molar-refractivity contribution is 0.463. The summed E-state index contributed by atoms with van der Waals surface area (Å²) in [5.74, 6) is -0.852. The second-order valence-electron chi connectivity index (χ2n) is 2.17. The maximum Gasteiger partial charge on any atom is 0.338 e. The molecular formula is C4H5N3O5S. The SMILES string of the molecule is O=c1ncn(CS(=O)(=O)O)[nH]c1=O. The average molecular weight is 207 g/mol. The average Bonchev–Trinajstić information content (AvgIpc) is 1.94. The number of H-pyrrole nitrogens is 1. The molecule has 9 heteroatoms. The van der Waals surface area contributed by atoms with Crippen molar-refractivity contribution in [3.63, 3.8) is 0 Å². The summed E-state index contributed by atoms with van der Waals surface area (Å²) < 4.78 is 29.6. The molecule has 8 nitrogen and oxygen atoms in total. The van der Waals surface area contributed by atoms with E-state index in [2.05, 4.69) is 4.98 Å². The highest BCUT2D eigenvalue weighted by Gasteiger charge is 2.05. The molecule has 0 aliphatic rings. The van der Waals surface area contributed by atoms with Crippen LogP contribution in [0.1, 0.15) is 0 Å². The first-order valence-corrected chi connectivity index (χ1v) is 4.60. The zero-order valence-corrected chi connectivity index (χ0v) is 6.98. The van der Waals surface area contributed by atoms with Crippen LogP contribution in [0.2, 0.25) is 0 Å². The van der Waals surface area contributed by atoms with Crippen LogP contribution in [0.3, 0.4) is 0 Å². The van der Waals surface area contributed by atoms with E-state index in [0.717, 1.165) is 6.33 Å². The Kier molecular flexibility index (Phi) is 2.30. The van der Waals surface area contributed by atoms with Crippen LogP contribution in [-0.2, 0) is 16.0 Å². The van der Waals surface area contributed by atoms with E-state index < -0.39 is 27.1 Å². The molecule has 0 aliphatic carbocycles. The molecule has 0 amide bonds. The van der Waals surface area contributed by atoms with Gasteiger partial charge in [0.15, 0.2) is 5.88 Å². The van der Waals surface area contributed by atoms with Gasteiger partial charge in [-0.2, -0.15) is 13.4 Å². The molecule has 0 radical (unpaired) electrons. The van der Waals surface area contributed by atoms with Crippen molar-refractivity contribution in [3.8, 4) is 0 Å². The van der Waals surface area contributed by atoms with E-state index in [1.165, 1.54) is 0 Å². The Bertz CT molecular complexity index is 511. The van der Waals surface area contributed by atoms with Crippen molar-refractivity contribution in [2.75, 3.05) is 0 Å². The summed E-state index contributed by atoms with van der Waals surface area (Å²) in [7, 11) is -4.26. The normalized spacial score (nSPS) is 11.5. The fraction of sp³-hybridized carbons (Fsp3) is 0.250. The number of aromatic amines is 1. The fourth-order valence-electron chi connectivity index (χ4n) is 0.629. The third kappa shape index (κ3) is 2.80. The van der Waals surface area contributed by atoms with Crippen LogP contribution in [0.15, 0.2) is 15.9 Å². The number of hydrogen-bond donors (Lipinski definition) is 2. The van der Waals surface area contributed by atoms with E-state index in [9.17, 15) is 18.0 Å². The summed E-state index contributed by atoms with van der Waals surface area (Å²) in [6.45, 7) is 0. The van der Waals surface area contributed by atoms with Crippen molar-refractivity contribution in [2.45, 2.75) is 5.88 Å². The van der Waals surface area contributed by atoms with Gasteiger partial charge in [-0.25, -0.2) is 0 Å². The van der Waals surface area contributed by atoms with Crippen LogP contribution >= 0.6 is 0 Å². The summed E-state index contributed by atoms with van der Waals surface area (Å²) in [5, 5.41) is 1.88. The Balaban J connectivity index is 3.14. The summed E-state index contributed by atoms with van der Waals surface area (Å²) in [4.78, 5) is 24.1. The number of hydrogen-bond acceptors (Lipinski definition) is 5. The van der Waals surface area contributed by atoms with E-state index in [0.29, 0.717) is 4.68 Å². The first kappa shape index (κ1) is 9.61. The van der Waals surface area contributed by atoms with Gasteiger partial charge in [0.1, 0.15) is 6.33 Å². The summed E-state index contributed by atoms with van der Waals surface area (Å²) in [6.07, 6.45) is 0.803. The third-order valence-corrected chi connectivity index (χ3v) is 1.66. The van der Waals surface area contributed by atoms with Gasteiger partial charge in [-0.05, 0) is 0 Å². The Labute approximate surface area is 71.6 Å². The topological polar surface area (TPSA) is 122 Å². The molecule has 0 saturated heterocycles. The van der Waals surface area contributed by atoms with Gasteiger partial charge in [-0.15, -0.1) is 0 Å². The molecule has 13 heavy (non-hydrogen) atoms. The molecule has 0 saturated carbocycles. The summed E-state index contributed by atoms with van der Waals surface area (Å²) in [5.41, 5.74) is -2.07. The lowest BCUT2D eigenvalue weighted by atomic mass is 10.8. The van der Waals surface area contributed by atoms with Crippen molar-refractivity contribution in [3.05, 3.63) is 27.0 Å². The molecule has 0 aromatic carbocycles. The van der Waals surface area contributed by atoms with Crippen LogP contribution in [0, 0.1) is 0 Å². The van der Waals surface area contributed by atoms with Crippen molar-refractivity contribution >= 4 is 10.1 Å². The van der Waals surface area contributed by atoms with Gasteiger partial charge in [0.25, 0.3) is 10.1 Å². The Morgan fingerprint density at radius 2 is 2.15 bits per heavy atom. The largest absolute Gasteiger partial charge is 0.338 e. The Hall–Kier alpha value is -1.48. The van der Waals surface area contributed by atoms with Gasteiger partial charge >= 0.3 is 11.1 Å². The van der Waals surface area contributed by atoms with Crippen LogP contribution in [0.25, 0.3) is 0 Å². The quantitative estimate of drug-likeness (QED) is 0.418. The predicted molar refractivity (Wildman–Crippen MR) is 40.7 cm³/mol. The lowest BCUT2D eigenvalue weighted by Gasteiger charge is -2.00. The minimum absolute atomic E-state index is 0.680. The molecule has 1 heterocycles. The third-order valence-electron chi connectivity index (χ3n) is 1.06. The summed E-state index contributed by atoms with van der Waals surface area (Å²) >= 11 is 0. The highest BCUT2D eigenvalue weighted by atomic mass is 32.2. The van der Waals surface area contributed by atoms with E-state index in [-0.39, 0.29) is 0 Å². The maximum absolute atomic E-state index is 10.6. The smallest absolute Gasteiger partial charge is 0.284 e. The highest BCUT2D eigenvalue weighted by molar-refractivity contribution is 7.84. The first-order valence-electron chi connectivity index (χ1n) is 2.99. The highest BCUT2D eigenvalue weighted by Crippen LogP contribution is 1.84. The zero-order valence-electron chi connectivity index (χ0n) is 6.17. The van der Waals surface area contributed by atoms with Crippen molar-refractivity contribution in [1.82, 2.24) is 14.8 Å². The molecular weight excluding hydrogens is 202 g/mol. The van der Waals surface area contributed by atoms with Crippen LogP contribution < -0.4 is 11.1 Å². The van der Waals surface area contributed by atoms with Crippen molar-refractivity contribution < 1.29 is 13.0 Å². The molecule has 0 fully saturated rings. The van der Waals surface area contributed by atoms with Crippen LogP contribution in [0.5, 0.6) is 0 Å². The standard InChI is InChI=1S/C4H5N3O5S/c8-3-4(9)6-7(1-5-3)2-13(10,11)12/h1H,2H2,(H,6,9)(H,10,11,12). The predicted octanol–water partition coefficient (Wildman–Crippen LogP) is -2.22. The van der Waals surface area contributed by atoms with Crippen molar-refractivity contribution in [2.24, 2.45) is 0 Å². The van der Waals surface area contributed by atoms with E-state index in [1.54, 1.807) is 0 Å². The molecule has 2 N–H and O–H groups in total. The molecule has 0 bridgehead atoms. The van der Waals surface area contributed by atoms with Gasteiger partial charge in [0, 0.05) is 0 Å². The molecule has 0 spiro atoms. The minimum atomic E-state index is -4.26. The van der Waals surface area contributed by atoms with Gasteiger partial charge < -0.3 is 0 Å². The van der Waals surface area contributed by atoms with Gasteiger partial charge in [-0.1, -0.05) is 0 Å². The molecule has 72 valence electrons. The van der Waals surface area contributed by atoms with Gasteiger partial charge in [0.2, 0.25) is 0 Å². The Morgan fingerprint density at radius 1 is 1.54 bits per heavy atom. The van der Waals surface area contributed by atoms with E-state index in [1.807, 2.05) is 5.10 Å². The molecule has 0 aliphatic heterocycles. The number of nitrogens with one attached hydrogen (secondary N) is 1. The van der Waals surface area contributed by atoms with Crippen LogP contribution in [-0.4, -0.2) is 27.7 Å². The second kappa shape index (κ2) is 3.11.